The van der Waals surface area contributed by atoms with E-state index in [1.807, 2.05) is 20.8 Å². The van der Waals surface area contributed by atoms with Gasteiger partial charge in [0.25, 0.3) is 0 Å². The number of piperidine rings is 1. The molecule has 0 saturated carbocycles. The van der Waals surface area contributed by atoms with E-state index in [9.17, 15) is 9.59 Å². The first-order valence-electron chi connectivity index (χ1n) is 6.63. The third-order valence-electron chi connectivity index (χ3n) is 2.86. The van der Waals surface area contributed by atoms with E-state index < -0.39 is 5.97 Å². The molecule has 2 N–H and O–H groups in total. The number of nitrogens with zero attached hydrogens (tertiary/aromatic N) is 1. The van der Waals surface area contributed by atoms with Gasteiger partial charge in [-0.25, -0.2) is 4.79 Å². The van der Waals surface area contributed by atoms with E-state index in [0.717, 1.165) is 25.9 Å². The number of amides is 1. The van der Waals surface area contributed by atoms with Crippen LogP contribution in [0.1, 0.15) is 33.6 Å². The highest BCUT2D eigenvalue weighted by Crippen LogP contribution is 2.13. The molecule has 0 aromatic heterocycles. The van der Waals surface area contributed by atoms with Crippen LogP contribution >= 0.6 is 0 Å². The van der Waals surface area contributed by atoms with E-state index in [4.69, 9.17) is 9.84 Å². The lowest BCUT2D eigenvalue weighted by Crippen LogP contribution is -2.48. The Hall–Kier alpha value is -1.14. The van der Waals surface area contributed by atoms with Crippen molar-refractivity contribution in [1.82, 2.24) is 10.2 Å². The van der Waals surface area contributed by atoms with Crippen molar-refractivity contribution in [2.75, 3.05) is 26.2 Å². The topological polar surface area (TPSA) is 78.9 Å². The molecule has 0 spiro atoms. The first-order valence-corrected chi connectivity index (χ1v) is 6.63. The normalized spacial score (nSPS) is 18.3. The third kappa shape index (κ3) is 7.12. The minimum absolute atomic E-state index is 0.00183. The van der Waals surface area contributed by atoms with Crippen LogP contribution in [0.3, 0.4) is 0 Å². The summed E-state index contributed by atoms with van der Waals surface area (Å²) in [6.45, 7) is 7.55. The fourth-order valence-corrected chi connectivity index (χ4v) is 2.08. The summed E-state index contributed by atoms with van der Waals surface area (Å²) in [5.41, 5.74) is -0.208. The van der Waals surface area contributed by atoms with E-state index in [2.05, 4.69) is 10.2 Å². The zero-order valence-electron chi connectivity index (χ0n) is 11.9. The Morgan fingerprint density at radius 2 is 1.89 bits per heavy atom. The number of carboxylic acid groups (broad SMARTS) is 1. The van der Waals surface area contributed by atoms with Crippen LogP contribution in [0.5, 0.6) is 0 Å². The Labute approximate surface area is 114 Å². The molecule has 0 radical (unpaired) electrons. The van der Waals surface area contributed by atoms with Gasteiger partial charge in [-0.15, -0.1) is 0 Å². The summed E-state index contributed by atoms with van der Waals surface area (Å²) in [5.74, 6) is -0.913. The molecule has 1 aliphatic rings. The molecular weight excluding hydrogens is 248 g/mol. The van der Waals surface area contributed by atoms with Crippen LogP contribution in [-0.2, 0) is 14.3 Å². The second-order valence-corrected chi connectivity index (χ2v) is 5.98. The van der Waals surface area contributed by atoms with Crippen molar-refractivity contribution in [3.8, 4) is 0 Å². The number of hydrogen-bond acceptors (Lipinski definition) is 4. The SMILES string of the molecule is CC(C)(C)NC(=O)CN1CCC(OCC(=O)O)CC1. The molecule has 6 nitrogen and oxygen atoms in total. The van der Waals surface area contributed by atoms with Gasteiger partial charge in [0.1, 0.15) is 6.61 Å². The van der Waals surface area contributed by atoms with E-state index in [-0.39, 0.29) is 24.2 Å². The van der Waals surface area contributed by atoms with Gasteiger partial charge in [0.2, 0.25) is 5.91 Å². The number of nitrogens with one attached hydrogen (secondary N) is 1. The molecule has 1 fully saturated rings. The first kappa shape index (κ1) is 15.9. The lowest BCUT2D eigenvalue weighted by molar-refractivity contribution is -0.145. The highest BCUT2D eigenvalue weighted by atomic mass is 16.5. The smallest absolute Gasteiger partial charge is 0.329 e. The number of carbonyl (C=O) groups is 2. The predicted octanol–water partition coefficient (Wildman–Crippen LogP) is 0.467. The average Bonchev–Trinajstić information content (AvgIpc) is 2.25. The lowest BCUT2D eigenvalue weighted by atomic mass is 10.1. The maximum Gasteiger partial charge on any atom is 0.329 e. The number of rotatable bonds is 5. The summed E-state index contributed by atoms with van der Waals surface area (Å²) >= 11 is 0. The summed E-state index contributed by atoms with van der Waals surface area (Å²) in [6.07, 6.45) is 1.55. The van der Waals surface area contributed by atoms with Gasteiger partial charge in [0, 0.05) is 18.6 Å². The summed E-state index contributed by atoms with van der Waals surface area (Å²) < 4.78 is 5.25. The molecule has 6 heteroatoms. The van der Waals surface area contributed by atoms with Gasteiger partial charge in [-0.1, -0.05) is 0 Å². The summed E-state index contributed by atoms with van der Waals surface area (Å²) in [7, 11) is 0. The van der Waals surface area contributed by atoms with Gasteiger partial charge in [-0.05, 0) is 33.6 Å². The molecule has 0 aromatic rings. The molecular formula is C13H24N2O4. The molecule has 0 aromatic carbocycles. The Balaban J connectivity index is 2.23. The van der Waals surface area contributed by atoms with Gasteiger partial charge in [-0.2, -0.15) is 0 Å². The first-order chi connectivity index (χ1) is 8.76. The number of hydrogen-bond donors (Lipinski definition) is 2. The van der Waals surface area contributed by atoms with E-state index in [1.54, 1.807) is 0 Å². The van der Waals surface area contributed by atoms with Gasteiger partial charge >= 0.3 is 5.97 Å². The largest absolute Gasteiger partial charge is 0.480 e. The van der Waals surface area contributed by atoms with Crippen LogP contribution in [0, 0.1) is 0 Å². The molecule has 0 aliphatic carbocycles. The van der Waals surface area contributed by atoms with Gasteiger partial charge in [0.05, 0.1) is 12.6 Å². The van der Waals surface area contributed by atoms with Crippen LogP contribution in [-0.4, -0.2) is 59.8 Å². The molecule has 0 unspecified atom stereocenters. The van der Waals surface area contributed by atoms with Crippen molar-refractivity contribution in [1.29, 1.82) is 0 Å². The number of aliphatic carboxylic acids is 1. The quantitative estimate of drug-likeness (QED) is 0.760. The van der Waals surface area contributed by atoms with Gasteiger partial charge in [0.15, 0.2) is 0 Å². The van der Waals surface area contributed by atoms with E-state index >= 15 is 0 Å². The zero-order valence-corrected chi connectivity index (χ0v) is 11.9. The molecule has 0 bridgehead atoms. The third-order valence-corrected chi connectivity index (χ3v) is 2.86. The van der Waals surface area contributed by atoms with Crippen molar-refractivity contribution in [3.05, 3.63) is 0 Å². The monoisotopic (exact) mass is 272 g/mol. The standard InChI is InChI=1S/C13H24N2O4/c1-13(2,3)14-11(16)8-15-6-4-10(5-7-15)19-9-12(17)18/h10H,4-9H2,1-3H3,(H,14,16)(H,17,18). The zero-order chi connectivity index (χ0) is 14.5. The minimum atomic E-state index is -0.938. The molecule has 110 valence electrons. The highest BCUT2D eigenvalue weighted by molar-refractivity contribution is 5.78. The Bertz CT molecular complexity index is 317. The molecule has 1 saturated heterocycles. The van der Waals surface area contributed by atoms with Crippen LogP contribution in [0.2, 0.25) is 0 Å². The molecule has 1 rings (SSSR count). The Kier molecular flexibility index (Phi) is 5.75. The Morgan fingerprint density at radius 1 is 1.32 bits per heavy atom. The Morgan fingerprint density at radius 3 is 2.37 bits per heavy atom. The molecule has 1 aliphatic heterocycles. The molecule has 0 atom stereocenters. The molecule has 1 heterocycles. The number of likely N-dealkylation sites (tertiary alicyclic amines) is 1. The lowest BCUT2D eigenvalue weighted by Gasteiger charge is -2.32. The van der Waals surface area contributed by atoms with Crippen LogP contribution < -0.4 is 5.32 Å². The van der Waals surface area contributed by atoms with Crippen molar-refractivity contribution < 1.29 is 19.4 Å². The minimum Gasteiger partial charge on any atom is -0.480 e. The average molecular weight is 272 g/mol. The second-order valence-electron chi connectivity index (χ2n) is 5.98. The fraction of sp³-hybridized carbons (Fsp3) is 0.846. The fourth-order valence-electron chi connectivity index (χ4n) is 2.08. The summed E-state index contributed by atoms with van der Waals surface area (Å²) in [5, 5.41) is 11.5. The number of carboxylic acids is 1. The van der Waals surface area contributed by atoms with Crippen molar-refractivity contribution in [2.45, 2.75) is 45.3 Å². The van der Waals surface area contributed by atoms with Crippen molar-refractivity contribution >= 4 is 11.9 Å². The van der Waals surface area contributed by atoms with Crippen LogP contribution in [0.15, 0.2) is 0 Å². The summed E-state index contributed by atoms with van der Waals surface area (Å²) in [4.78, 5) is 24.2. The van der Waals surface area contributed by atoms with Crippen LogP contribution in [0.25, 0.3) is 0 Å². The molecule has 19 heavy (non-hydrogen) atoms. The van der Waals surface area contributed by atoms with E-state index in [1.165, 1.54) is 0 Å². The maximum absolute atomic E-state index is 11.8. The predicted molar refractivity (Wildman–Crippen MR) is 70.9 cm³/mol. The maximum atomic E-state index is 11.8. The summed E-state index contributed by atoms with van der Waals surface area (Å²) in [6, 6.07) is 0. The number of ether oxygens (including phenoxy) is 1. The van der Waals surface area contributed by atoms with Crippen molar-refractivity contribution in [3.63, 3.8) is 0 Å². The van der Waals surface area contributed by atoms with Crippen molar-refractivity contribution in [2.24, 2.45) is 0 Å². The number of carbonyl (C=O) groups excluding carboxylic acids is 1. The van der Waals surface area contributed by atoms with Gasteiger partial charge in [-0.3, -0.25) is 9.69 Å². The second kappa shape index (κ2) is 6.86. The van der Waals surface area contributed by atoms with Gasteiger partial charge < -0.3 is 15.2 Å². The molecule has 1 amide bonds. The van der Waals surface area contributed by atoms with E-state index in [0.29, 0.717) is 6.54 Å². The highest BCUT2D eigenvalue weighted by Gasteiger charge is 2.23. The van der Waals surface area contributed by atoms with Crippen LogP contribution in [0.4, 0.5) is 0 Å².